The minimum Gasteiger partial charge on any atom is -0.497 e. The SMILES string of the molecule is CCOC(=O)C1=C(C)NC2=C(C(=O)[C@H](C(=O)OCC)[C@H](c3ccccc3OC)C2)[C@@H]1c1ccc(OC)cc1OC. The molecule has 1 aliphatic heterocycles. The standard InChI is InChI=1S/C31H35NO8/c1-7-39-30(34)25-17(3)32-22-16-21(19-11-9-10-12-23(19)37-5)27(31(35)40-8-2)29(33)28(22)26(25)20-14-13-18(36-4)15-24(20)38-6/h9-15,21,26-27,32H,7-8,16H2,1-6H3/t21-,26+,27+/m0/s1. The molecule has 2 aromatic carbocycles. The van der Waals surface area contributed by atoms with Gasteiger partial charge in [0.25, 0.3) is 0 Å². The fraction of sp³-hybridized carbons (Fsp3) is 0.387. The molecule has 4 rings (SSSR count). The number of methoxy groups -OCH3 is 3. The molecule has 3 atom stereocenters. The van der Waals surface area contributed by atoms with Gasteiger partial charge in [0.1, 0.15) is 23.2 Å². The fourth-order valence-corrected chi connectivity index (χ4v) is 5.65. The number of benzene rings is 2. The highest BCUT2D eigenvalue weighted by Crippen LogP contribution is 2.51. The van der Waals surface area contributed by atoms with Gasteiger partial charge in [-0.3, -0.25) is 9.59 Å². The van der Waals surface area contributed by atoms with E-state index in [9.17, 15) is 14.4 Å². The first-order valence-electron chi connectivity index (χ1n) is 13.2. The maximum absolute atomic E-state index is 14.5. The number of ether oxygens (including phenoxy) is 5. The van der Waals surface area contributed by atoms with Crippen LogP contribution in [0.4, 0.5) is 0 Å². The van der Waals surface area contributed by atoms with Crippen LogP contribution < -0.4 is 19.5 Å². The van der Waals surface area contributed by atoms with E-state index < -0.39 is 35.5 Å². The maximum Gasteiger partial charge on any atom is 0.336 e. The Morgan fingerprint density at radius 2 is 1.60 bits per heavy atom. The van der Waals surface area contributed by atoms with Crippen LogP contribution in [0.3, 0.4) is 0 Å². The molecule has 0 spiro atoms. The molecule has 0 aromatic heterocycles. The molecule has 1 N–H and O–H groups in total. The molecular weight excluding hydrogens is 514 g/mol. The van der Waals surface area contributed by atoms with Crippen molar-refractivity contribution in [3.05, 3.63) is 76.1 Å². The minimum absolute atomic E-state index is 0.119. The van der Waals surface area contributed by atoms with Crippen LogP contribution in [0.15, 0.2) is 65.0 Å². The van der Waals surface area contributed by atoms with E-state index in [0.717, 1.165) is 5.56 Å². The van der Waals surface area contributed by atoms with Gasteiger partial charge in [0.05, 0.1) is 46.0 Å². The number of nitrogens with one attached hydrogen (secondary N) is 1. The number of hydrogen-bond donors (Lipinski definition) is 1. The number of esters is 2. The highest BCUT2D eigenvalue weighted by Gasteiger charge is 2.50. The van der Waals surface area contributed by atoms with Crippen molar-refractivity contribution in [2.24, 2.45) is 5.92 Å². The van der Waals surface area contributed by atoms with E-state index in [1.807, 2.05) is 18.2 Å². The van der Waals surface area contributed by atoms with Crippen LogP contribution in [0, 0.1) is 5.92 Å². The van der Waals surface area contributed by atoms with Crippen molar-refractivity contribution < 1.29 is 38.1 Å². The van der Waals surface area contributed by atoms with Crippen molar-refractivity contribution >= 4 is 17.7 Å². The smallest absolute Gasteiger partial charge is 0.336 e. The Labute approximate surface area is 234 Å². The zero-order valence-corrected chi connectivity index (χ0v) is 23.7. The molecule has 0 saturated heterocycles. The average Bonchev–Trinajstić information content (AvgIpc) is 2.96. The first-order chi connectivity index (χ1) is 19.3. The van der Waals surface area contributed by atoms with Crippen molar-refractivity contribution in [2.45, 2.75) is 39.0 Å². The second kappa shape index (κ2) is 12.3. The lowest BCUT2D eigenvalue weighted by Gasteiger charge is -2.40. The molecule has 0 saturated carbocycles. The van der Waals surface area contributed by atoms with Gasteiger partial charge in [-0.05, 0) is 44.9 Å². The van der Waals surface area contributed by atoms with Crippen molar-refractivity contribution in [3.8, 4) is 17.2 Å². The first kappa shape index (κ1) is 28.7. The molecule has 0 radical (unpaired) electrons. The molecule has 40 heavy (non-hydrogen) atoms. The van der Waals surface area contributed by atoms with Crippen LogP contribution in [-0.2, 0) is 23.9 Å². The van der Waals surface area contributed by atoms with Crippen molar-refractivity contribution in [3.63, 3.8) is 0 Å². The lowest BCUT2D eigenvalue weighted by Crippen LogP contribution is -2.43. The van der Waals surface area contributed by atoms with Crippen molar-refractivity contribution in [2.75, 3.05) is 34.5 Å². The first-order valence-corrected chi connectivity index (χ1v) is 13.2. The van der Waals surface area contributed by atoms with Gasteiger partial charge < -0.3 is 29.0 Å². The second-order valence-corrected chi connectivity index (χ2v) is 9.46. The van der Waals surface area contributed by atoms with Gasteiger partial charge in [-0.15, -0.1) is 0 Å². The van der Waals surface area contributed by atoms with Gasteiger partial charge >= 0.3 is 11.9 Å². The van der Waals surface area contributed by atoms with Crippen molar-refractivity contribution in [1.29, 1.82) is 0 Å². The Hall–Kier alpha value is -4.27. The summed E-state index contributed by atoms with van der Waals surface area (Å²) in [6.45, 7) is 5.47. The lowest BCUT2D eigenvalue weighted by atomic mass is 9.67. The summed E-state index contributed by atoms with van der Waals surface area (Å²) in [7, 11) is 4.61. The highest BCUT2D eigenvalue weighted by molar-refractivity contribution is 6.13. The minimum atomic E-state index is -1.15. The van der Waals surface area contributed by atoms with E-state index in [-0.39, 0.29) is 18.8 Å². The van der Waals surface area contributed by atoms with Gasteiger partial charge in [0.2, 0.25) is 0 Å². The van der Waals surface area contributed by atoms with E-state index in [1.165, 1.54) is 7.11 Å². The van der Waals surface area contributed by atoms with Gasteiger partial charge in [-0.25, -0.2) is 4.79 Å². The molecule has 2 aliphatic rings. The Kier molecular flexibility index (Phi) is 8.82. The van der Waals surface area contributed by atoms with Gasteiger partial charge in [0.15, 0.2) is 5.78 Å². The Balaban J connectivity index is 1.96. The molecule has 9 nitrogen and oxygen atoms in total. The summed E-state index contributed by atoms with van der Waals surface area (Å²) >= 11 is 0. The van der Waals surface area contributed by atoms with Gasteiger partial charge in [-0.2, -0.15) is 0 Å². The summed E-state index contributed by atoms with van der Waals surface area (Å²) < 4.78 is 27.5. The average molecular weight is 550 g/mol. The van der Waals surface area contributed by atoms with Crippen LogP contribution in [0.1, 0.15) is 50.2 Å². The maximum atomic E-state index is 14.5. The molecule has 0 bridgehead atoms. The number of carbonyl (C=O) groups is 3. The number of allylic oxidation sites excluding steroid dienone is 3. The molecule has 0 unspecified atom stereocenters. The summed E-state index contributed by atoms with van der Waals surface area (Å²) in [4.78, 5) is 41.3. The largest absolute Gasteiger partial charge is 0.497 e. The van der Waals surface area contributed by atoms with Gasteiger partial charge in [0, 0.05) is 34.5 Å². The van der Waals surface area contributed by atoms with E-state index in [2.05, 4.69) is 5.32 Å². The van der Waals surface area contributed by atoms with E-state index in [1.54, 1.807) is 59.3 Å². The molecule has 1 heterocycles. The molecule has 0 fully saturated rings. The van der Waals surface area contributed by atoms with Crippen molar-refractivity contribution in [1.82, 2.24) is 5.32 Å². The monoisotopic (exact) mass is 549 g/mol. The van der Waals surface area contributed by atoms with Crippen LogP contribution in [0.25, 0.3) is 0 Å². The number of hydrogen-bond acceptors (Lipinski definition) is 9. The third-order valence-corrected chi connectivity index (χ3v) is 7.35. The molecule has 2 aromatic rings. The third-order valence-electron chi connectivity index (χ3n) is 7.35. The predicted octanol–water partition coefficient (Wildman–Crippen LogP) is 4.43. The van der Waals surface area contributed by atoms with E-state index >= 15 is 0 Å². The molecule has 1 aliphatic carbocycles. The number of para-hydroxylation sites is 1. The second-order valence-electron chi connectivity index (χ2n) is 9.46. The molecular formula is C31H35NO8. The fourth-order valence-electron chi connectivity index (χ4n) is 5.65. The van der Waals surface area contributed by atoms with Gasteiger partial charge in [-0.1, -0.05) is 24.3 Å². The number of ketones is 1. The summed E-state index contributed by atoms with van der Waals surface area (Å²) in [5.74, 6) is -2.61. The Morgan fingerprint density at radius 1 is 0.900 bits per heavy atom. The number of Topliss-reactive ketones (excluding diaryl/α,β-unsaturated/α-hetero) is 1. The number of rotatable bonds is 9. The third kappa shape index (κ3) is 5.15. The summed E-state index contributed by atoms with van der Waals surface area (Å²) in [5, 5.41) is 3.31. The van der Waals surface area contributed by atoms with Crippen LogP contribution in [0.2, 0.25) is 0 Å². The zero-order chi connectivity index (χ0) is 29.0. The normalized spacial score (nSPS) is 20.4. The zero-order valence-electron chi connectivity index (χ0n) is 23.7. The van der Waals surface area contributed by atoms with E-state index in [4.69, 9.17) is 23.7 Å². The summed E-state index contributed by atoms with van der Waals surface area (Å²) in [5.41, 5.74) is 3.06. The predicted molar refractivity (Wildman–Crippen MR) is 147 cm³/mol. The van der Waals surface area contributed by atoms with Crippen LogP contribution >= 0.6 is 0 Å². The summed E-state index contributed by atoms with van der Waals surface area (Å²) in [6.07, 6.45) is 0.313. The Bertz CT molecular complexity index is 1380. The summed E-state index contributed by atoms with van der Waals surface area (Å²) in [6, 6.07) is 12.5. The molecule has 212 valence electrons. The quantitative estimate of drug-likeness (QED) is 0.359. The topological polar surface area (TPSA) is 109 Å². The number of carbonyl (C=O) groups excluding carboxylic acids is 3. The Morgan fingerprint density at radius 3 is 2.25 bits per heavy atom. The highest BCUT2D eigenvalue weighted by atomic mass is 16.5. The van der Waals surface area contributed by atoms with Crippen LogP contribution in [0.5, 0.6) is 17.2 Å². The molecule has 0 amide bonds. The van der Waals surface area contributed by atoms with E-state index in [0.29, 0.717) is 46.2 Å². The van der Waals surface area contributed by atoms with Crippen LogP contribution in [-0.4, -0.2) is 52.3 Å². The lowest BCUT2D eigenvalue weighted by molar-refractivity contribution is -0.152. The number of dihydropyridines is 1. The molecule has 9 heteroatoms.